The van der Waals surface area contributed by atoms with E-state index in [0.29, 0.717) is 0 Å². The Kier molecular flexibility index (Phi) is 3.44. The molecule has 19 heavy (non-hydrogen) atoms. The lowest BCUT2D eigenvalue weighted by Gasteiger charge is -2.12. The predicted octanol–water partition coefficient (Wildman–Crippen LogP) is 4.82. The highest BCUT2D eigenvalue weighted by molar-refractivity contribution is 7.26. The average Bonchev–Trinajstić information content (AvgIpc) is 2.94. The summed E-state index contributed by atoms with van der Waals surface area (Å²) in [4.78, 5) is 1.29. The van der Waals surface area contributed by atoms with Crippen LogP contribution in [0.5, 0.6) is 0 Å². The first-order chi connectivity index (χ1) is 9.13. The Hall–Kier alpha value is -1.16. The number of rotatable bonds is 3. The number of thiophene rings is 2. The fourth-order valence-electron chi connectivity index (χ4n) is 2.32. The van der Waals surface area contributed by atoms with Crippen LogP contribution in [0.4, 0.5) is 0 Å². The van der Waals surface area contributed by atoms with Crippen molar-refractivity contribution in [1.82, 2.24) is 0 Å². The maximum Gasteiger partial charge on any atom is 0.0454 e. The van der Waals surface area contributed by atoms with Gasteiger partial charge in [0.05, 0.1) is 0 Å². The molecule has 0 bridgehead atoms. The fourth-order valence-corrected chi connectivity index (χ4v) is 4.45. The van der Waals surface area contributed by atoms with Crippen molar-refractivity contribution in [3.05, 3.63) is 57.3 Å². The summed E-state index contributed by atoms with van der Waals surface area (Å²) < 4.78 is 2.72. The Morgan fingerprint density at radius 3 is 2.74 bits per heavy atom. The summed E-state index contributed by atoms with van der Waals surface area (Å²) in [5.41, 5.74) is 10.4. The summed E-state index contributed by atoms with van der Waals surface area (Å²) in [6, 6.07) is 11.1. The number of nitrogens with two attached hydrogens (primary N) is 1. The van der Waals surface area contributed by atoms with Gasteiger partial charge >= 0.3 is 0 Å². The molecule has 1 unspecified atom stereocenters. The summed E-state index contributed by atoms with van der Waals surface area (Å²) in [6.45, 7) is 4.30. The number of aryl methyl sites for hydroxylation is 2. The molecule has 0 aliphatic carbocycles. The second-order valence-corrected chi connectivity index (χ2v) is 7.10. The Balaban J connectivity index is 1.86. The van der Waals surface area contributed by atoms with Gasteiger partial charge < -0.3 is 5.73 Å². The van der Waals surface area contributed by atoms with Crippen LogP contribution in [0.3, 0.4) is 0 Å². The molecule has 0 radical (unpaired) electrons. The fraction of sp³-hybridized carbons (Fsp3) is 0.250. The van der Waals surface area contributed by atoms with Crippen LogP contribution in [0, 0.1) is 13.8 Å². The third-order valence-corrected chi connectivity index (χ3v) is 5.69. The number of benzene rings is 1. The second-order valence-electron chi connectivity index (χ2n) is 5.04. The third kappa shape index (κ3) is 2.59. The zero-order chi connectivity index (χ0) is 13.4. The molecule has 2 N–H and O–H groups in total. The molecule has 2 aromatic heterocycles. The minimum Gasteiger partial charge on any atom is -0.323 e. The molecule has 0 amide bonds. The van der Waals surface area contributed by atoms with Gasteiger partial charge in [-0.15, -0.1) is 22.7 Å². The van der Waals surface area contributed by atoms with Crippen molar-refractivity contribution in [3.63, 3.8) is 0 Å². The molecule has 0 fully saturated rings. The lowest BCUT2D eigenvalue weighted by atomic mass is 9.99. The van der Waals surface area contributed by atoms with E-state index in [-0.39, 0.29) is 6.04 Å². The van der Waals surface area contributed by atoms with Gasteiger partial charge in [0.15, 0.2) is 0 Å². The molecule has 0 aliphatic rings. The Morgan fingerprint density at radius 1 is 1.11 bits per heavy atom. The van der Waals surface area contributed by atoms with E-state index in [9.17, 15) is 0 Å². The maximum atomic E-state index is 6.38. The van der Waals surface area contributed by atoms with Crippen molar-refractivity contribution in [2.24, 2.45) is 5.73 Å². The molecule has 3 rings (SSSR count). The topological polar surface area (TPSA) is 26.0 Å². The smallest absolute Gasteiger partial charge is 0.0454 e. The highest BCUT2D eigenvalue weighted by atomic mass is 32.1. The largest absolute Gasteiger partial charge is 0.323 e. The molecule has 0 aliphatic heterocycles. The lowest BCUT2D eigenvalue weighted by molar-refractivity contribution is 0.733. The van der Waals surface area contributed by atoms with Gasteiger partial charge in [-0.05, 0) is 48.9 Å². The molecular weight excluding hydrogens is 270 g/mol. The minimum atomic E-state index is 0.102. The van der Waals surface area contributed by atoms with E-state index in [0.717, 1.165) is 6.42 Å². The van der Waals surface area contributed by atoms with E-state index in [1.165, 1.54) is 31.0 Å². The van der Waals surface area contributed by atoms with Crippen molar-refractivity contribution in [2.75, 3.05) is 0 Å². The van der Waals surface area contributed by atoms with Crippen molar-refractivity contribution >= 4 is 32.1 Å². The second kappa shape index (κ2) is 5.08. The Morgan fingerprint density at radius 2 is 1.95 bits per heavy atom. The average molecular weight is 287 g/mol. The molecular formula is C16H17NS2. The first kappa shape index (κ1) is 12.9. The van der Waals surface area contributed by atoms with Crippen LogP contribution in [-0.4, -0.2) is 0 Å². The molecule has 98 valence electrons. The van der Waals surface area contributed by atoms with Crippen LogP contribution in [0.15, 0.2) is 35.7 Å². The minimum absolute atomic E-state index is 0.102. The van der Waals surface area contributed by atoms with E-state index in [4.69, 9.17) is 5.73 Å². The van der Waals surface area contributed by atoms with Gasteiger partial charge in [0.2, 0.25) is 0 Å². The van der Waals surface area contributed by atoms with E-state index in [1.54, 1.807) is 11.3 Å². The first-order valence-corrected chi connectivity index (χ1v) is 8.12. The number of fused-ring (bicyclic) bond motifs is 1. The van der Waals surface area contributed by atoms with Crippen LogP contribution < -0.4 is 5.73 Å². The highest BCUT2D eigenvalue weighted by Gasteiger charge is 2.12. The van der Waals surface area contributed by atoms with Crippen molar-refractivity contribution in [2.45, 2.75) is 26.3 Å². The molecule has 1 atom stereocenters. The van der Waals surface area contributed by atoms with Gasteiger partial charge in [0.25, 0.3) is 0 Å². The van der Waals surface area contributed by atoms with Crippen LogP contribution >= 0.6 is 22.7 Å². The van der Waals surface area contributed by atoms with E-state index < -0.39 is 0 Å². The van der Waals surface area contributed by atoms with Gasteiger partial charge in [-0.2, -0.15) is 0 Å². The zero-order valence-electron chi connectivity index (χ0n) is 11.1. The summed E-state index contributed by atoms with van der Waals surface area (Å²) in [5.74, 6) is 0. The molecule has 3 heteroatoms. The van der Waals surface area contributed by atoms with E-state index in [2.05, 4.69) is 49.6 Å². The SMILES string of the molecule is Cc1ccc(C)c(CC(N)c2cc3sccc3s2)c1. The van der Waals surface area contributed by atoms with Gasteiger partial charge in [-0.1, -0.05) is 23.8 Å². The number of hydrogen-bond acceptors (Lipinski definition) is 3. The number of hydrogen-bond donors (Lipinski definition) is 1. The molecule has 3 aromatic rings. The van der Waals surface area contributed by atoms with Crippen molar-refractivity contribution in [3.8, 4) is 0 Å². The molecule has 1 aromatic carbocycles. The maximum absolute atomic E-state index is 6.38. The van der Waals surface area contributed by atoms with Crippen molar-refractivity contribution in [1.29, 1.82) is 0 Å². The molecule has 0 saturated heterocycles. The normalized spacial score (nSPS) is 13.0. The lowest BCUT2D eigenvalue weighted by Crippen LogP contribution is -2.12. The van der Waals surface area contributed by atoms with Gasteiger partial charge in [-0.3, -0.25) is 0 Å². The molecule has 1 nitrogen and oxygen atoms in total. The van der Waals surface area contributed by atoms with Crippen molar-refractivity contribution < 1.29 is 0 Å². The zero-order valence-corrected chi connectivity index (χ0v) is 12.8. The van der Waals surface area contributed by atoms with Gasteiger partial charge in [0, 0.05) is 20.3 Å². The Labute approximate surface area is 121 Å². The standard InChI is InChI=1S/C16H17NS2/c1-10-3-4-11(2)12(7-10)8-13(17)15-9-16-14(19-15)5-6-18-16/h3-7,9,13H,8,17H2,1-2H3. The van der Waals surface area contributed by atoms with E-state index >= 15 is 0 Å². The third-order valence-electron chi connectivity index (χ3n) is 3.47. The summed E-state index contributed by atoms with van der Waals surface area (Å²) in [6.07, 6.45) is 0.918. The summed E-state index contributed by atoms with van der Waals surface area (Å²) in [7, 11) is 0. The molecule has 0 spiro atoms. The van der Waals surface area contributed by atoms with Crippen LogP contribution in [0.25, 0.3) is 9.40 Å². The molecule has 2 heterocycles. The van der Waals surface area contributed by atoms with Crippen LogP contribution in [0.1, 0.15) is 27.6 Å². The van der Waals surface area contributed by atoms with Gasteiger partial charge in [-0.25, -0.2) is 0 Å². The summed E-state index contributed by atoms with van der Waals surface area (Å²) in [5, 5.41) is 2.14. The van der Waals surface area contributed by atoms with Gasteiger partial charge in [0.1, 0.15) is 0 Å². The monoisotopic (exact) mass is 287 g/mol. The predicted molar refractivity (Wildman–Crippen MR) is 86.3 cm³/mol. The highest BCUT2D eigenvalue weighted by Crippen LogP contribution is 2.33. The Bertz CT molecular complexity index is 680. The first-order valence-electron chi connectivity index (χ1n) is 6.42. The molecule has 0 saturated carbocycles. The van der Waals surface area contributed by atoms with E-state index in [1.807, 2.05) is 11.3 Å². The van der Waals surface area contributed by atoms with Crippen LogP contribution in [0.2, 0.25) is 0 Å². The van der Waals surface area contributed by atoms with Crippen LogP contribution in [-0.2, 0) is 6.42 Å². The quantitative estimate of drug-likeness (QED) is 0.734. The summed E-state index contributed by atoms with van der Waals surface area (Å²) >= 11 is 3.62.